The van der Waals surface area contributed by atoms with Gasteiger partial charge >= 0.3 is 0 Å². The van der Waals surface area contributed by atoms with Gasteiger partial charge in [-0.15, -0.1) is 0 Å². The highest BCUT2D eigenvalue weighted by atomic mass is 16.3. The molecule has 13 rings (SSSR count). The standard InChI is InChI=1S/C58H35N3O/c1-3-17-36(18-4-1)39-21-7-8-25-45(39)56-59-55(37-19-5-2-6-20-37)60-57(61-56)46-28-16-32-52-53(46)47-35-38(33-34-51(47)62-52)40-26-15-27-44-43-24-11-14-31-50(43)58(54(40)44)48-29-12-9-22-41(48)42-23-10-13-30-49(42)58/h1-35H. The number of furan rings is 1. The molecule has 0 unspecified atom stereocenters. The van der Waals surface area contributed by atoms with Gasteiger partial charge in [0.2, 0.25) is 0 Å². The van der Waals surface area contributed by atoms with Gasteiger partial charge in [0.25, 0.3) is 0 Å². The monoisotopic (exact) mass is 789 g/mol. The van der Waals surface area contributed by atoms with Crippen LogP contribution in [0.2, 0.25) is 0 Å². The van der Waals surface area contributed by atoms with Crippen LogP contribution in [0.3, 0.4) is 0 Å². The van der Waals surface area contributed by atoms with Crippen molar-refractivity contribution >= 4 is 21.9 Å². The van der Waals surface area contributed by atoms with E-state index in [0.29, 0.717) is 17.5 Å². The third-order valence-electron chi connectivity index (χ3n) is 13.0. The van der Waals surface area contributed by atoms with Crippen LogP contribution in [0, 0.1) is 0 Å². The summed E-state index contributed by atoms with van der Waals surface area (Å²) in [6, 6.07) is 75.5. The molecule has 4 heteroatoms. The minimum atomic E-state index is -0.473. The molecule has 0 saturated heterocycles. The van der Waals surface area contributed by atoms with E-state index < -0.39 is 5.41 Å². The fourth-order valence-corrected chi connectivity index (χ4v) is 10.5. The molecule has 2 aliphatic rings. The van der Waals surface area contributed by atoms with Crippen LogP contribution in [0.25, 0.3) is 101 Å². The van der Waals surface area contributed by atoms with Gasteiger partial charge in [-0.2, -0.15) is 0 Å². The van der Waals surface area contributed by atoms with Crippen LogP contribution in [-0.2, 0) is 5.41 Å². The molecule has 9 aromatic carbocycles. The highest BCUT2D eigenvalue weighted by Gasteiger charge is 2.52. The Bertz CT molecular complexity index is 3530. The predicted octanol–water partition coefficient (Wildman–Crippen LogP) is 14.4. The van der Waals surface area contributed by atoms with Crippen LogP contribution in [-0.4, -0.2) is 15.0 Å². The van der Waals surface area contributed by atoms with E-state index in [-0.39, 0.29) is 0 Å². The predicted molar refractivity (Wildman–Crippen MR) is 251 cm³/mol. The van der Waals surface area contributed by atoms with E-state index in [0.717, 1.165) is 55.3 Å². The van der Waals surface area contributed by atoms with Gasteiger partial charge in [-0.25, -0.2) is 15.0 Å². The summed E-state index contributed by atoms with van der Waals surface area (Å²) in [5.41, 5.74) is 18.8. The Morgan fingerprint density at radius 3 is 1.47 bits per heavy atom. The molecular weight excluding hydrogens is 755 g/mol. The molecule has 11 aromatic rings. The normalized spacial score (nSPS) is 13.0. The van der Waals surface area contributed by atoms with E-state index in [4.69, 9.17) is 19.4 Å². The molecule has 1 spiro atoms. The van der Waals surface area contributed by atoms with Crippen molar-refractivity contribution in [3.05, 3.63) is 235 Å². The van der Waals surface area contributed by atoms with E-state index in [1.807, 2.05) is 42.5 Å². The molecule has 2 aliphatic carbocycles. The summed E-state index contributed by atoms with van der Waals surface area (Å²) in [4.78, 5) is 15.7. The smallest absolute Gasteiger partial charge is 0.164 e. The minimum absolute atomic E-state index is 0.473. The van der Waals surface area contributed by atoms with Gasteiger partial charge in [0, 0.05) is 27.5 Å². The van der Waals surface area contributed by atoms with Crippen molar-refractivity contribution in [3.63, 3.8) is 0 Å². The average Bonchev–Trinajstić information content (AvgIpc) is 3.98. The summed E-state index contributed by atoms with van der Waals surface area (Å²) in [5.74, 6) is 1.81. The van der Waals surface area contributed by atoms with Crippen LogP contribution in [0.15, 0.2) is 217 Å². The van der Waals surface area contributed by atoms with Crippen molar-refractivity contribution < 1.29 is 4.42 Å². The van der Waals surface area contributed by atoms with Gasteiger partial charge in [-0.3, -0.25) is 0 Å². The van der Waals surface area contributed by atoms with Crippen molar-refractivity contribution in [2.75, 3.05) is 0 Å². The first kappa shape index (κ1) is 34.6. The third kappa shape index (κ3) is 4.92. The molecule has 0 N–H and O–H groups in total. The third-order valence-corrected chi connectivity index (χ3v) is 13.0. The van der Waals surface area contributed by atoms with Gasteiger partial charge in [0.15, 0.2) is 17.5 Å². The summed E-state index contributed by atoms with van der Waals surface area (Å²) in [6.45, 7) is 0. The lowest BCUT2D eigenvalue weighted by Gasteiger charge is -2.32. The van der Waals surface area contributed by atoms with E-state index in [2.05, 4.69) is 170 Å². The first-order chi connectivity index (χ1) is 30.8. The van der Waals surface area contributed by atoms with Gasteiger partial charge in [-0.1, -0.05) is 194 Å². The molecule has 0 radical (unpaired) electrons. The molecule has 0 saturated carbocycles. The average molecular weight is 790 g/mol. The fourth-order valence-electron chi connectivity index (χ4n) is 10.5. The number of hydrogen-bond acceptors (Lipinski definition) is 4. The Balaban J connectivity index is 1.05. The van der Waals surface area contributed by atoms with E-state index in [1.54, 1.807) is 0 Å². The number of hydrogen-bond donors (Lipinski definition) is 0. The molecule has 4 nitrogen and oxygen atoms in total. The molecule has 2 aromatic heterocycles. The maximum Gasteiger partial charge on any atom is 0.164 e. The first-order valence-corrected chi connectivity index (χ1v) is 21.1. The minimum Gasteiger partial charge on any atom is -0.456 e. The number of benzene rings is 9. The maximum absolute atomic E-state index is 6.67. The number of aromatic nitrogens is 3. The summed E-state index contributed by atoms with van der Waals surface area (Å²) in [5, 5.41) is 1.98. The molecule has 288 valence electrons. The zero-order valence-electron chi connectivity index (χ0n) is 33.5. The second-order valence-corrected chi connectivity index (χ2v) is 16.2. The molecule has 0 fully saturated rings. The van der Waals surface area contributed by atoms with Crippen molar-refractivity contribution in [2.24, 2.45) is 0 Å². The largest absolute Gasteiger partial charge is 0.456 e. The van der Waals surface area contributed by atoms with E-state index in [9.17, 15) is 0 Å². The van der Waals surface area contributed by atoms with Gasteiger partial charge in [0.05, 0.1) is 5.41 Å². The summed E-state index contributed by atoms with van der Waals surface area (Å²) in [6.07, 6.45) is 0. The molecule has 2 heterocycles. The SMILES string of the molecule is c1ccc(-c2nc(-c3ccccc3-c3ccccc3)nc(-c3cccc4oc5ccc(-c6cccc7c6C6(c8ccccc8-c8ccccc86)c6ccccc6-7)cc5c34)n2)cc1. The van der Waals surface area contributed by atoms with Crippen molar-refractivity contribution in [1.82, 2.24) is 15.0 Å². The summed E-state index contributed by atoms with van der Waals surface area (Å²) >= 11 is 0. The Labute approximate surface area is 358 Å². The quantitative estimate of drug-likeness (QED) is 0.174. The molecule has 0 aliphatic heterocycles. The van der Waals surface area contributed by atoms with Gasteiger partial charge < -0.3 is 4.42 Å². The number of rotatable bonds is 5. The molecular formula is C58H35N3O. The summed E-state index contributed by atoms with van der Waals surface area (Å²) < 4.78 is 6.67. The van der Waals surface area contributed by atoms with Gasteiger partial charge in [-0.05, 0) is 85.0 Å². The lowest BCUT2D eigenvalue weighted by atomic mass is 9.68. The molecule has 0 amide bonds. The van der Waals surface area contributed by atoms with Crippen LogP contribution < -0.4 is 0 Å². The molecule has 0 atom stereocenters. The second-order valence-electron chi connectivity index (χ2n) is 16.2. The lowest BCUT2D eigenvalue weighted by molar-refractivity contribution is 0.669. The highest BCUT2D eigenvalue weighted by Crippen LogP contribution is 2.64. The van der Waals surface area contributed by atoms with E-state index in [1.165, 1.54) is 50.1 Å². The summed E-state index contributed by atoms with van der Waals surface area (Å²) in [7, 11) is 0. The van der Waals surface area contributed by atoms with Gasteiger partial charge in [0.1, 0.15) is 11.2 Å². The van der Waals surface area contributed by atoms with Crippen molar-refractivity contribution in [3.8, 4) is 78.7 Å². The molecule has 0 bridgehead atoms. The Morgan fingerprint density at radius 1 is 0.306 bits per heavy atom. The van der Waals surface area contributed by atoms with Crippen molar-refractivity contribution in [1.29, 1.82) is 0 Å². The Morgan fingerprint density at radius 2 is 0.790 bits per heavy atom. The Hall–Kier alpha value is -8.21. The van der Waals surface area contributed by atoms with Crippen LogP contribution >= 0.6 is 0 Å². The second kappa shape index (κ2) is 13.4. The highest BCUT2D eigenvalue weighted by molar-refractivity contribution is 6.13. The topological polar surface area (TPSA) is 51.8 Å². The number of fused-ring (bicyclic) bond motifs is 13. The zero-order chi connectivity index (χ0) is 40.8. The van der Waals surface area contributed by atoms with Crippen LogP contribution in [0.5, 0.6) is 0 Å². The maximum atomic E-state index is 6.67. The number of nitrogens with zero attached hydrogens (tertiary/aromatic N) is 3. The van der Waals surface area contributed by atoms with Crippen molar-refractivity contribution in [2.45, 2.75) is 5.41 Å². The van der Waals surface area contributed by atoms with Crippen LogP contribution in [0.1, 0.15) is 22.3 Å². The fraction of sp³-hybridized carbons (Fsp3) is 0.0172. The molecule has 62 heavy (non-hydrogen) atoms. The zero-order valence-corrected chi connectivity index (χ0v) is 33.5. The van der Waals surface area contributed by atoms with Crippen LogP contribution in [0.4, 0.5) is 0 Å². The van der Waals surface area contributed by atoms with E-state index >= 15 is 0 Å². The first-order valence-electron chi connectivity index (χ1n) is 21.1. The lowest BCUT2D eigenvalue weighted by Crippen LogP contribution is -2.26. The Kier molecular flexibility index (Phi) is 7.49.